The average Bonchev–Trinajstić information content (AvgIpc) is 2.22. The van der Waals surface area contributed by atoms with Gasteiger partial charge in [0.1, 0.15) is 11.6 Å². The Morgan fingerprint density at radius 3 is 2.33 bits per heavy atom. The molecule has 1 N–H and O–H groups in total. The summed E-state index contributed by atoms with van der Waals surface area (Å²) < 4.78 is 27.6. The molecular formula is C13H19BrF2N2. The van der Waals surface area contributed by atoms with Crippen LogP contribution in [-0.2, 0) is 6.54 Å². The van der Waals surface area contributed by atoms with Gasteiger partial charge in [0.15, 0.2) is 0 Å². The minimum Gasteiger partial charge on any atom is -0.313 e. The van der Waals surface area contributed by atoms with E-state index in [1.54, 1.807) is 0 Å². The van der Waals surface area contributed by atoms with Gasteiger partial charge in [-0.1, -0.05) is 29.8 Å². The molecule has 0 aromatic heterocycles. The van der Waals surface area contributed by atoms with Crippen molar-refractivity contribution in [1.29, 1.82) is 0 Å². The first-order valence-electron chi connectivity index (χ1n) is 5.95. The van der Waals surface area contributed by atoms with Crippen LogP contribution in [0.2, 0.25) is 0 Å². The van der Waals surface area contributed by atoms with Crippen molar-refractivity contribution in [3.8, 4) is 0 Å². The zero-order valence-electron chi connectivity index (χ0n) is 10.9. The maximum Gasteiger partial charge on any atom is 0.131 e. The van der Waals surface area contributed by atoms with Crippen LogP contribution in [0.3, 0.4) is 0 Å². The lowest BCUT2D eigenvalue weighted by Gasteiger charge is -2.19. The zero-order valence-corrected chi connectivity index (χ0v) is 12.5. The van der Waals surface area contributed by atoms with Gasteiger partial charge in [-0.15, -0.1) is 0 Å². The maximum atomic E-state index is 13.6. The maximum absolute atomic E-state index is 13.6. The molecule has 2 nitrogen and oxygen atoms in total. The number of hydrogen-bond donors (Lipinski definition) is 1. The minimum absolute atomic E-state index is 0.116. The van der Waals surface area contributed by atoms with E-state index in [9.17, 15) is 8.78 Å². The van der Waals surface area contributed by atoms with Gasteiger partial charge in [0.25, 0.3) is 0 Å². The smallest absolute Gasteiger partial charge is 0.131 e. The monoisotopic (exact) mass is 320 g/mol. The molecule has 0 fully saturated rings. The topological polar surface area (TPSA) is 15.3 Å². The predicted molar refractivity (Wildman–Crippen MR) is 73.5 cm³/mol. The molecule has 1 aromatic carbocycles. The van der Waals surface area contributed by atoms with E-state index in [4.69, 9.17) is 0 Å². The van der Waals surface area contributed by atoms with Gasteiger partial charge in [0.2, 0.25) is 0 Å². The Morgan fingerprint density at radius 2 is 1.83 bits per heavy atom. The molecule has 0 aliphatic heterocycles. The van der Waals surface area contributed by atoms with Crippen LogP contribution in [0.4, 0.5) is 8.78 Å². The highest BCUT2D eigenvalue weighted by Crippen LogP contribution is 2.20. The van der Waals surface area contributed by atoms with E-state index in [-0.39, 0.29) is 12.1 Å². The summed E-state index contributed by atoms with van der Waals surface area (Å²) >= 11 is 3.07. The van der Waals surface area contributed by atoms with Crippen LogP contribution in [0, 0.1) is 11.6 Å². The lowest BCUT2D eigenvalue weighted by atomic mass is 10.2. The van der Waals surface area contributed by atoms with Gasteiger partial charge >= 0.3 is 0 Å². The Morgan fingerprint density at radius 1 is 1.28 bits per heavy atom. The van der Waals surface area contributed by atoms with E-state index in [0.29, 0.717) is 10.5 Å². The van der Waals surface area contributed by atoms with E-state index >= 15 is 0 Å². The summed E-state index contributed by atoms with van der Waals surface area (Å²) in [6, 6.07) is 3.00. The highest BCUT2D eigenvalue weighted by atomic mass is 79.9. The van der Waals surface area contributed by atoms with Gasteiger partial charge < -0.3 is 10.2 Å². The van der Waals surface area contributed by atoms with Gasteiger partial charge in [-0.25, -0.2) is 8.78 Å². The molecule has 0 aliphatic rings. The summed E-state index contributed by atoms with van der Waals surface area (Å²) in [6.07, 6.45) is 0. The molecule has 102 valence electrons. The van der Waals surface area contributed by atoms with Crippen molar-refractivity contribution in [2.45, 2.75) is 26.4 Å². The lowest BCUT2D eigenvalue weighted by molar-refractivity contribution is 0.309. The molecule has 0 amide bonds. The first kappa shape index (κ1) is 15.5. The Labute approximate surface area is 115 Å². The fourth-order valence-corrected chi connectivity index (χ4v) is 2.02. The van der Waals surface area contributed by atoms with Crippen molar-refractivity contribution < 1.29 is 8.78 Å². The molecule has 0 aliphatic carbocycles. The summed E-state index contributed by atoms with van der Waals surface area (Å²) in [5.74, 6) is -1.02. The number of hydrogen-bond acceptors (Lipinski definition) is 2. The first-order chi connectivity index (χ1) is 8.40. The summed E-state index contributed by atoms with van der Waals surface area (Å²) in [4.78, 5) is 1.89. The van der Waals surface area contributed by atoms with Crippen molar-refractivity contribution >= 4 is 15.9 Å². The normalized spacial score (nSPS) is 11.6. The van der Waals surface area contributed by atoms with Crippen molar-refractivity contribution in [3.63, 3.8) is 0 Å². The molecule has 0 saturated heterocycles. The van der Waals surface area contributed by atoms with Crippen molar-refractivity contribution in [1.82, 2.24) is 10.2 Å². The quantitative estimate of drug-likeness (QED) is 0.866. The summed E-state index contributed by atoms with van der Waals surface area (Å²) in [7, 11) is 1.85. The molecule has 1 rings (SSSR count). The number of nitrogens with one attached hydrogen (secondary N) is 1. The molecule has 0 radical (unpaired) electrons. The lowest BCUT2D eigenvalue weighted by Crippen LogP contribution is -2.32. The molecule has 0 saturated carbocycles. The third-order valence-electron chi connectivity index (χ3n) is 2.58. The molecule has 0 heterocycles. The highest BCUT2D eigenvalue weighted by molar-refractivity contribution is 9.10. The minimum atomic E-state index is -0.509. The van der Waals surface area contributed by atoms with E-state index in [0.717, 1.165) is 13.1 Å². The number of nitrogens with zero attached hydrogens (tertiary/aromatic N) is 1. The van der Waals surface area contributed by atoms with Crippen LogP contribution in [0.1, 0.15) is 19.4 Å². The third-order valence-corrected chi connectivity index (χ3v) is 3.04. The van der Waals surface area contributed by atoms with E-state index in [1.165, 1.54) is 12.1 Å². The van der Waals surface area contributed by atoms with Crippen LogP contribution in [0.25, 0.3) is 0 Å². The van der Waals surface area contributed by atoms with E-state index in [2.05, 4.69) is 35.1 Å². The van der Waals surface area contributed by atoms with Crippen molar-refractivity contribution in [2.24, 2.45) is 0 Å². The Kier molecular flexibility index (Phi) is 6.18. The van der Waals surface area contributed by atoms with Gasteiger partial charge in [-0.05, 0) is 19.2 Å². The molecule has 18 heavy (non-hydrogen) atoms. The van der Waals surface area contributed by atoms with Crippen molar-refractivity contribution in [2.75, 3.05) is 20.1 Å². The van der Waals surface area contributed by atoms with Crippen LogP contribution >= 0.6 is 15.9 Å². The Balaban J connectivity index is 2.56. The second-order valence-electron chi connectivity index (χ2n) is 4.69. The van der Waals surface area contributed by atoms with Gasteiger partial charge in [0, 0.05) is 35.7 Å². The second kappa shape index (κ2) is 7.16. The predicted octanol–water partition coefficient (Wildman–Crippen LogP) is 3.16. The van der Waals surface area contributed by atoms with Crippen LogP contribution < -0.4 is 5.32 Å². The molecule has 0 unspecified atom stereocenters. The Bertz CT molecular complexity index is 374. The second-order valence-corrected chi connectivity index (χ2v) is 5.61. The molecular weight excluding hydrogens is 302 g/mol. The van der Waals surface area contributed by atoms with Crippen LogP contribution in [0.15, 0.2) is 16.6 Å². The summed E-state index contributed by atoms with van der Waals surface area (Å²) in [6.45, 7) is 5.94. The number of halogens is 3. The van der Waals surface area contributed by atoms with Crippen molar-refractivity contribution in [3.05, 3.63) is 33.8 Å². The first-order valence-corrected chi connectivity index (χ1v) is 6.74. The highest BCUT2D eigenvalue weighted by Gasteiger charge is 2.12. The number of benzene rings is 1. The van der Waals surface area contributed by atoms with Crippen LogP contribution in [-0.4, -0.2) is 31.1 Å². The SMILES string of the molecule is CC(C)NCCN(C)Cc1c(F)cc(Br)cc1F. The zero-order chi connectivity index (χ0) is 13.7. The standard InChI is InChI=1S/C13H19BrF2N2/c1-9(2)17-4-5-18(3)8-11-12(15)6-10(14)7-13(11)16/h6-7,9,17H,4-5,8H2,1-3H3. The van der Waals surface area contributed by atoms with E-state index < -0.39 is 11.6 Å². The largest absolute Gasteiger partial charge is 0.313 e. The van der Waals surface area contributed by atoms with Crippen LogP contribution in [0.5, 0.6) is 0 Å². The Hall–Kier alpha value is -0.520. The fourth-order valence-electron chi connectivity index (χ4n) is 1.62. The average molecular weight is 321 g/mol. The molecule has 0 spiro atoms. The fraction of sp³-hybridized carbons (Fsp3) is 0.538. The molecule has 0 bridgehead atoms. The molecule has 5 heteroatoms. The van der Waals surface area contributed by atoms with E-state index in [1.807, 2.05) is 11.9 Å². The van der Waals surface area contributed by atoms with Gasteiger partial charge in [0.05, 0.1) is 0 Å². The molecule has 0 atom stereocenters. The van der Waals surface area contributed by atoms with Gasteiger partial charge in [-0.3, -0.25) is 0 Å². The number of rotatable bonds is 6. The third kappa shape index (κ3) is 5.00. The molecule has 1 aromatic rings. The number of likely N-dealkylation sites (N-methyl/N-ethyl adjacent to an activating group) is 1. The summed E-state index contributed by atoms with van der Waals surface area (Å²) in [5.41, 5.74) is 0.116. The summed E-state index contributed by atoms with van der Waals surface area (Å²) in [5, 5.41) is 3.26. The van der Waals surface area contributed by atoms with Gasteiger partial charge in [-0.2, -0.15) is 0 Å².